The van der Waals surface area contributed by atoms with Crippen LogP contribution in [0.3, 0.4) is 0 Å². The van der Waals surface area contributed by atoms with Crippen LogP contribution in [0.15, 0.2) is 18.2 Å². The summed E-state index contributed by atoms with van der Waals surface area (Å²) in [6, 6.07) is 4.83. The number of hydrogen-bond acceptors (Lipinski definition) is 5. The molecule has 0 aromatic heterocycles. The van der Waals surface area contributed by atoms with E-state index in [0.29, 0.717) is 12.3 Å². The first-order chi connectivity index (χ1) is 11.9. The summed E-state index contributed by atoms with van der Waals surface area (Å²) < 4.78 is 10.6. The molecule has 2 unspecified atom stereocenters. The Balaban J connectivity index is 1.95. The van der Waals surface area contributed by atoms with E-state index in [0.717, 1.165) is 12.0 Å². The molecule has 144 valence electrons. The van der Waals surface area contributed by atoms with Crippen molar-refractivity contribution in [2.24, 2.45) is 11.3 Å². The van der Waals surface area contributed by atoms with Gasteiger partial charge in [0, 0.05) is 12.1 Å². The average Bonchev–Trinajstić information content (AvgIpc) is 3.23. The van der Waals surface area contributed by atoms with Gasteiger partial charge in [0.15, 0.2) is 0 Å². The summed E-state index contributed by atoms with van der Waals surface area (Å²) >= 11 is 0. The van der Waals surface area contributed by atoms with Gasteiger partial charge in [-0.3, -0.25) is 4.79 Å². The lowest BCUT2D eigenvalue weighted by Crippen LogP contribution is -2.33. The van der Waals surface area contributed by atoms with E-state index in [1.54, 1.807) is 32.9 Å². The Labute approximate surface area is 154 Å². The Bertz CT molecular complexity index is 684. The van der Waals surface area contributed by atoms with E-state index in [-0.39, 0.29) is 23.6 Å². The Hall–Kier alpha value is -2.24. The van der Waals surface area contributed by atoms with Crippen molar-refractivity contribution < 1.29 is 24.2 Å². The summed E-state index contributed by atoms with van der Waals surface area (Å²) in [6.07, 6.45) is 0.403. The normalized spacial score (nSPS) is 19.6. The number of benzene rings is 1. The monoisotopic (exact) mass is 363 g/mol. The number of phenolic OH excluding ortho intramolecular Hbond substituents is 1. The molecule has 2 rings (SSSR count). The molecule has 2 atom stereocenters. The first kappa shape index (κ1) is 20.1. The number of carbonyl (C=O) groups excluding carboxylic acids is 2. The van der Waals surface area contributed by atoms with Crippen molar-refractivity contribution in [3.63, 3.8) is 0 Å². The number of amides is 1. The van der Waals surface area contributed by atoms with Crippen LogP contribution < -0.4 is 10.1 Å². The second-order valence-electron chi connectivity index (χ2n) is 8.85. The lowest BCUT2D eigenvalue weighted by molar-refractivity contribution is -0.143. The molecule has 0 aliphatic heterocycles. The number of aromatic hydroxyl groups is 1. The molecule has 0 bridgehead atoms. The number of alkyl carbamates (subject to hydrolysis) is 1. The molecule has 1 fully saturated rings. The van der Waals surface area contributed by atoms with Gasteiger partial charge in [-0.05, 0) is 78.0 Å². The zero-order chi connectivity index (χ0) is 19.7. The standard InChI is InChI=1S/C20H29NO5/c1-19(2,3)17(23)25-13-7-8-16(22)15(10-13)14-9-12(14)11-21-18(24)26-20(4,5)6/h7-8,10,12,14,22H,9,11H2,1-6H3,(H,21,24). The van der Waals surface area contributed by atoms with Crippen molar-refractivity contribution in [2.75, 3.05) is 6.54 Å². The molecule has 1 aromatic rings. The molecule has 1 aromatic carbocycles. The Kier molecular flexibility index (Phi) is 5.54. The largest absolute Gasteiger partial charge is 0.508 e. The van der Waals surface area contributed by atoms with Gasteiger partial charge in [-0.2, -0.15) is 0 Å². The SMILES string of the molecule is CC(C)(C)OC(=O)NCC1CC1c1cc(OC(=O)C(C)(C)C)ccc1O. The molecule has 0 saturated heterocycles. The summed E-state index contributed by atoms with van der Waals surface area (Å²) in [5, 5.41) is 12.9. The number of hydrogen-bond donors (Lipinski definition) is 2. The summed E-state index contributed by atoms with van der Waals surface area (Å²) in [5.74, 6) is 0.613. The van der Waals surface area contributed by atoms with Gasteiger partial charge in [0.1, 0.15) is 17.1 Å². The molecule has 2 N–H and O–H groups in total. The van der Waals surface area contributed by atoms with E-state index in [4.69, 9.17) is 9.47 Å². The van der Waals surface area contributed by atoms with Crippen LogP contribution >= 0.6 is 0 Å². The molecule has 1 aliphatic rings. The highest BCUT2D eigenvalue weighted by molar-refractivity contribution is 5.78. The Morgan fingerprint density at radius 3 is 2.42 bits per heavy atom. The molecular weight excluding hydrogens is 334 g/mol. The van der Waals surface area contributed by atoms with E-state index in [2.05, 4.69) is 5.32 Å². The van der Waals surface area contributed by atoms with Crippen molar-refractivity contribution in [3.05, 3.63) is 23.8 Å². The van der Waals surface area contributed by atoms with Gasteiger partial charge in [0.2, 0.25) is 0 Å². The molecule has 0 radical (unpaired) electrons. The zero-order valence-electron chi connectivity index (χ0n) is 16.4. The minimum Gasteiger partial charge on any atom is -0.508 e. The van der Waals surface area contributed by atoms with E-state index >= 15 is 0 Å². The summed E-state index contributed by atoms with van der Waals surface area (Å²) in [7, 11) is 0. The average molecular weight is 363 g/mol. The molecule has 0 spiro atoms. The molecule has 6 heteroatoms. The maximum atomic E-state index is 12.0. The highest BCUT2D eigenvalue weighted by Crippen LogP contribution is 2.50. The minimum atomic E-state index is -0.600. The lowest BCUT2D eigenvalue weighted by Gasteiger charge is -2.19. The van der Waals surface area contributed by atoms with E-state index in [1.807, 2.05) is 20.8 Å². The third-order valence-corrected chi connectivity index (χ3v) is 4.05. The van der Waals surface area contributed by atoms with Crippen LogP contribution in [0, 0.1) is 11.3 Å². The summed E-state index contributed by atoms with van der Waals surface area (Å²) in [6.45, 7) is 11.3. The van der Waals surface area contributed by atoms with Crippen molar-refractivity contribution in [1.82, 2.24) is 5.32 Å². The van der Waals surface area contributed by atoms with E-state index in [1.165, 1.54) is 6.07 Å². The highest BCUT2D eigenvalue weighted by Gasteiger charge is 2.40. The topological polar surface area (TPSA) is 84.9 Å². The van der Waals surface area contributed by atoms with Gasteiger partial charge >= 0.3 is 12.1 Å². The maximum Gasteiger partial charge on any atom is 0.407 e. The van der Waals surface area contributed by atoms with Gasteiger partial charge in [-0.25, -0.2) is 4.79 Å². The van der Waals surface area contributed by atoms with Gasteiger partial charge in [0.05, 0.1) is 5.41 Å². The molecular formula is C20H29NO5. The van der Waals surface area contributed by atoms with Gasteiger partial charge < -0.3 is 19.9 Å². The predicted molar refractivity (Wildman–Crippen MR) is 98.3 cm³/mol. The second kappa shape index (κ2) is 7.17. The molecule has 1 amide bonds. The number of nitrogens with one attached hydrogen (secondary N) is 1. The van der Waals surface area contributed by atoms with Crippen LogP contribution in [0.4, 0.5) is 4.79 Å². The van der Waals surface area contributed by atoms with Crippen LogP contribution in [0.2, 0.25) is 0 Å². The van der Waals surface area contributed by atoms with Crippen LogP contribution in [-0.4, -0.2) is 29.3 Å². The summed E-state index contributed by atoms with van der Waals surface area (Å²) in [5.41, 5.74) is -0.395. The first-order valence-electron chi connectivity index (χ1n) is 8.89. The van der Waals surface area contributed by atoms with Crippen molar-refractivity contribution in [3.8, 4) is 11.5 Å². The zero-order valence-corrected chi connectivity index (χ0v) is 16.4. The molecule has 1 aliphatic carbocycles. The number of phenols is 1. The number of rotatable bonds is 4. The van der Waals surface area contributed by atoms with Crippen LogP contribution in [-0.2, 0) is 9.53 Å². The molecule has 6 nitrogen and oxygen atoms in total. The van der Waals surface area contributed by atoms with Gasteiger partial charge in [-0.15, -0.1) is 0 Å². The van der Waals surface area contributed by atoms with Crippen LogP contribution in [0.25, 0.3) is 0 Å². The van der Waals surface area contributed by atoms with E-state index < -0.39 is 17.1 Å². The highest BCUT2D eigenvalue weighted by atomic mass is 16.6. The van der Waals surface area contributed by atoms with Crippen molar-refractivity contribution in [2.45, 2.75) is 59.5 Å². The molecule has 26 heavy (non-hydrogen) atoms. The van der Waals surface area contributed by atoms with Gasteiger partial charge in [-0.1, -0.05) is 0 Å². The third-order valence-electron chi connectivity index (χ3n) is 4.05. The van der Waals surface area contributed by atoms with E-state index in [9.17, 15) is 14.7 Å². The molecule has 1 saturated carbocycles. The Morgan fingerprint density at radius 1 is 1.19 bits per heavy atom. The third kappa shape index (κ3) is 5.64. The first-order valence-corrected chi connectivity index (χ1v) is 8.89. The number of carbonyl (C=O) groups is 2. The number of esters is 1. The Morgan fingerprint density at radius 2 is 1.85 bits per heavy atom. The van der Waals surface area contributed by atoms with Gasteiger partial charge in [0.25, 0.3) is 0 Å². The van der Waals surface area contributed by atoms with Crippen LogP contribution in [0.5, 0.6) is 11.5 Å². The van der Waals surface area contributed by atoms with Crippen molar-refractivity contribution >= 4 is 12.1 Å². The fraction of sp³-hybridized carbons (Fsp3) is 0.600. The fourth-order valence-electron chi connectivity index (χ4n) is 2.54. The second-order valence-corrected chi connectivity index (χ2v) is 8.85. The molecule has 0 heterocycles. The van der Waals surface area contributed by atoms with Crippen LogP contribution in [0.1, 0.15) is 59.4 Å². The fourth-order valence-corrected chi connectivity index (χ4v) is 2.54. The quantitative estimate of drug-likeness (QED) is 0.624. The summed E-state index contributed by atoms with van der Waals surface area (Å²) in [4.78, 5) is 23.8. The minimum absolute atomic E-state index is 0.123. The predicted octanol–water partition coefficient (Wildman–Crippen LogP) is 3.97. The smallest absolute Gasteiger partial charge is 0.407 e. The maximum absolute atomic E-state index is 12.0. The van der Waals surface area contributed by atoms with Crippen molar-refractivity contribution in [1.29, 1.82) is 0 Å². The number of ether oxygens (including phenoxy) is 2. The lowest BCUT2D eigenvalue weighted by atomic mass is 9.97.